The predicted octanol–water partition coefficient (Wildman–Crippen LogP) is 4.86. The van der Waals surface area contributed by atoms with E-state index >= 15 is 0 Å². The van der Waals surface area contributed by atoms with Crippen LogP contribution < -0.4 is 19.9 Å². The standard InChI is InChI=1S/C20H17Cl2IN2O4/c1-3-6-29-18-16(23)8-11(9-17(18)28-2)7-13-19(26)24-25(20(13)27)12-4-5-14(21)15(22)10-12/h4-5,7-10H,3,6H2,1-2H3,(H,24,26)/b13-7+. The van der Waals surface area contributed by atoms with E-state index in [2.05, 4.69) is 28.0 Å². The highest BCUT2D eigenvalue weighted by atomic mass is 127. The number of halogens is 3. The van der Waals surface area contributed by atoms with Gasteiger partial charge >= 0.3 is 0 Å². The molecule has 3 rings (SSSR count). The van der Waals surface area contributed by atoms with Crippen LogP contribution in [0.4, 0.5) is 5.69 Å². The number of amides is 2. The Bertz CT molecular complexity index is 1010. The Morgan fingerprint density at radius 2 is 1.93 bits per heavy atom. The number of carbonyl (C=O) groups is 2. The maximum Gasteiger partial charge on any atom is 0.282 e. The van der Waals surface area contributed by atoms with Crippen LogP contribution in [-0.4, -0.2) is 25.5 Å². The number of carbonyl (C=O) groups excluding carboxylic acids is 2. The number of anilines is 1. The van der Waals surface area contributed by atoms with E-state index in [4.69, 9.17) is 32.7 Å². The molecule has 2 aromatic rings. The van der Waals surface area contributed by atoms with Crippen LogP contribution in [-0.2, 0) is 9.59 Å². The summed E-state index contributed by atoms with van der Waals surface area (Å²) >= 11 is 14.1. The molecule has 1 N–H and O–H groups in total. The van der Waals surface area contributed by atoms with Gasteiger partial charge in [0, 0.05) is 0 Å². The minimum atomic E-state index is -0.513. The summed E-state index contributed by atoms with van der Waals surface area (Å²) in [4.78, 5) is 25.2. The van der Waals surface area contributed by atoms with Crippen molar-refractivity contribution in [1.29, 1.82) is 0 Å². The Balaban J connectivity index is 1.93. The lowest BCUT2D eigenvalue weighted by Crippen LogP contribution is -2.35. The van der Waals surface area contributed by atoms with Crippen LogP contribution in [0, 0.1) is 3.57 Å². The van der Waals surface area contributed by atoms with Crippen LogP contribution in [0.25, 0.3) is 6.08 Å². The van der Waals surface area contributed by atoms with Gasteiger partial charge in [-0.15, -0.1) is 0 Å². The highest BCUT2D eigenvalue weighted by Crippen LogP contribution is 2.35. The third kappa shape index (κ3) is 4.62. The fourth-order valence-corrected chi connectivity index (χ4v) is 3.77. The molecule has 6 nitrogen and oxygen atoms in total. The van der Waals surface area contributed by atoms with Gasteiger partial charge in [0.1, 0.15) is 5.57 Å². The molecule has 0 spiro atoms. The van der Waals surface area contributed by atoms with Crippen molar-refractivity contribution < 1.29 is 19.1 Å². The lowest BCUT2D eigenvalue weighted by Gasteiger charge is -2.15. The molecule has 0 aliphatic carbocycles. The third-order valence-corrected chi connectivity index (χ3v) is 5.61. The zero-order valence-corrected chi connectivity index (χ0v) is 19.3. The van der Waals surface area contributed by atoms with Crippen molar-refractivity contribution in [2.75, 3.05) is 18.7 Å². The van der Waals surface area contributed by atoms with E-state index in [0.29, 0.717) is 34.4 Å². The molecule has 0 unspecified atom stereocenters. The number of benzene rings is 2. The minimum absolute atomic E-state index is 0.00356. The number of nitrogens with zero attached hydrogens (tertiary/aromatic N) is 1. The summed E-state index contributed by atoms with van der Waals surface area (Å²) in [5.74, 6) is 0.163. The molecule has 0 radical (unpaired) electrons. The van der Waals surface area contributed by atoms with E-state index < -0.39 is 11.8 Å². The number of rotatable bonds is 6. The first-order valence-corrected chi connectivity index (χ1v) is 10.5. The van der Waals surface area contributed by atoms with Crippen molar-refractivity contribution >= 4 is 69.4 Å². The van der Waals surface area contributed by atoms with Crippen LogP contribution in [0.5, 0.6) is 11.5 Å². The average molecular weight is 547 g/mol. The number of hydrogen-bond donors (Lipinski definition) is 1. The van der Waals surface area contributed by atoms with Crippen LogP contribution in [0.15, 0.2) is 35.9 Å². The maximum absolute atomic E-state index is 12.8. The van der Waals surface area contributed by atoms with Crippen molar-refractivity contribution in [1.82, 2.24) is 5.43 Å². The average Bonchev–Trinajstić information content (AvgIpc) is 2.97. The van der Waals surface area contributed by atoms with Gasteiger partial charge < -0.3 is 9.47 Å². The maximum atomic E-state index is 12.8. The lowest BCUT2D eigenvalue weighted by atomic mass is 10.1. The van der Waals surface area contributed by atoms with Gasteiger partial charge in [-0.25, -0.2) is 5.01 Å². The van der Waals surface area contributed by atoms with Gasteiger partial charge in [-0.2, -0.15) is 0 Å². The van der Waals surface area contributed by atoms with Gasteiger partial charge in [0.05, 0.1) is 33.0 Å². The molecule has 1 fully saturated rings. The fourth-order valence-electron chi connectivity index (χ4n) is 2.70. The second-order valence-corrected chi connectivity index (χ2v) is 8.10. The van der Waals surface area contributed by atoms with Crippen molar-refractivity contribution in [3.63, 3.8) is 0 Å². The zero-order chi connectivity index (χ0) is 21.1. The molecular weight excluding hydrogens is 530 g/mol. The molecule has 1 saturated heterocycles. The lowest BCUT2D eigenvalue weighted by molar-refractivity contribution is -0.117. The molecule has 152 valence electrons. The molecular formula is C20H17Cl2IN2O4. The molecule has 0 bridgehead atoms. The summed E-state index contributed by atoms with van der Waals surface area (Å²) in [6, 6.07) is 8.21. The summed E-state index contributed by atoms with van der Waals surface area (Å²) < 4.78 is 12.0. The molecule has 0 atom stereocenters. The van der Waals surface area contributed by atoms with E-state index in [9.17, 15) is 9.59 Å². The van der Waals surface area contributed by atoms with Gasteiger partial charge in [0.15, 0.2) is 11.5 Å². The van der Waals surface area contributed by atoms with Gasteiger partial charge in [-0.05, 0) is 71.0 Å². The minimum Gasteiger partial charge on any atom is -0.493 e. The molecule has 29 heavy (non-hydrogen) atoms. The number of methoxy groups -OCH3 is 1. The molecule has 2 amide bonds. The number of hydrogen-bond acceptors (Lipinski definition) is 4. The Morgan fingerprint density at radius 1 is 1.17 bits per heavy atom. The van der Waals surface area contributed by atoms with E-state index in [1.807, 2.05) is 13.0 Å². The Kier molecular flexibility index (Phi) is 6.92. The topological polar surface area (TPSA) is 67.9 Å². The first kappa shape index (κ1) is 21.7. The third-order valence-electron chi connectivity index (χ3n) is 4.07. The Morgan fingerprint density at radius 3 is 2.59 bits per heavy atom. The SMILES string of the molecule is CCCOc1c(I)cc(/C=C2\C(=O)NN(c3ccc(Cl)c(Cl)c3)C2=O)cc1OC. The molecule has 2 aromatic carbocycles. The molecule has 0 saturated carbocycles. The second kappa shape index (κ2) is 9.23. The molecule has 1 heterocycles. The fraction of sp³-hybridized carbons (Fsp3) is 0.200. The Hall–Kier alpha value is -1.97. The number of nitrogens with one attached hydrogen (secondary N) is 1. The quantitative estimate of drug-likeness (QED) is 0.319. The van der Waals surface area contributed by atoms with E-state index in [0.717, 1.165) is 15.0 Å². The highest BCUT2D eigenvalue weighted by molar-refractivity contribution is 14.1. The van der Waals surface area contributed by atoms with Gasteiger partial charge in [0.25, 0.3) is 11.8 Å². The van der Waals surface area contributed by atoms with E-state index in [1.54, 1.807) is 25.3 Å². The van der Waals surface area contributed by atoms with Crippen molar-refractivity contribution in [3.8, 4) is 11.5 Å². The Labute approximate surface area is 191 Å². The first-order valence-electron chi connectivity index (χ1n) is 8.68. The van der Waals surface area contributed by atoms with E-state index in [1.165, 1.54) is 12.1 Å². The van der Waals surface area contributed by atoms with Crippen molar-refractivity contribution in [3.05, 3.63) is 55.1 Å². The second-order valence-electron chi connectivity index (χ2n) is 6.12. The normalized spacial score (nSPS) is 15.1. The highest BCUT2D eigenvalue weighted by Gasteiger charge is 2.34. The molecule has 0 aromatic heterocycles. The predicted molar refractivity (Wildman–Crippen MR) is 122 cm³/mol. The summed E-state index contributed by atoms with van der Waals surface area (Å²) in [6.07, 6.45) is 2.38. The van der Waals surface area contributed by atoms with Crippen LogP contribution >= 0.6 is 45.8 Å². The summed E-state index contributed by atoms with van der Waals surface area (Å²) in [5.41, 5.74) is 3.59. The molecule has 1 aliphatic rings. The summed E-state index contributed by atoms with van der Waals surface area (Å²) in [7, 11) is 1.54. The van der Waals surface area contributed by atoms with Crippen LogP contribution in [0.3, 0.4) is 0 Å². The monoisotopic (exact) mass is 546 g/mol. The van der Waals surface area contributed by atoms with Gasteiger partial charge in [0.2, 0.25) is 0 Å². The summed E-state index contributed by atoms with van der Waals surface area (Å²) in [5, 5.41) is 1.78. The number of hydrazine groups is 1. The van der Waals surface area contributed by atoms with Crippen molar-refractivity contribution in [2.24, 2.45) is 0 Å². The largest absolute Gasteiger partial charge is 0.493 e. The van der Waals surface area contributed by atoms with E-state index in [-0.39, 0.29) is 10.6 Å². The molecule has 1 aliphatic heterocycles. The van der Waals surface area contributed by atoms with Crippen LogP contribution in [0.2, 0.25) is 10.0 Å². The zero-order valence-electron chi connectivity index (χ0n) is 15.6. The first-order chi connectivity index (χ1) is 13.8. The van der Waals surface area contributed by atoms with Gasteiger partial charge in [-0.1, -0.05) is 30.1 Å². The summed E-state index contributed by atoms with van der Waals surface area (Å²) in [6.45, 7) is 2.58. The van der Waals surface area contributed by atoms with Crippen molar-refractivity contribution in [2.45, 2.75) is 13.3 Å². The molecule has 9 heteroatoms. The van der Waals surface area contributed by atoms with Gasteiger partial charge in [-0.3, -0.25) is 15.0 Å². The van der Waals surface area contributed by atoms with Crippen LogP contribution in [0.1, 0.15) is 18.9 Å². The number of ether oxygens (including phenoxy) is 2. The smallest absolute Gasteiger partial charge is 0.282 e.